The van der Waals surface area contributed by atoms with E-state index in [2.05, 4.69) is 5.32 Å². The first-order valence-electron chi connectivity index (χ1n) is 5.25. The van der Waals surface area contributed by atoms with Crippen molar-refractivity contribution in [1.82, 2.24) is 0 Å². The Morgan fingerprint density at radius 3 is 2.29 bits per heavy atom. The molecule has 0 bridgehead atoms. The van der Waals surface area contributed by atoms with Crippen LogP contribution in [-0.4, -0.2) is 7.11 Å². The predicted molar refractivity (Wildman–Crippen MR) is 71.5 cm³/mol. The molecule has 2 aromatic carbocycles. The number of nitrogen functional groups attached to an aromatic ring is 2. The lowest BCUT2D eigenvalue weighted by Crippen LogP contribution is -1.97. The maximum absolute atomic E-state index is 5.86. The Morgan fingerprint density at radius 2 is 1.71 bits per heavy atom. The third kappa shape index (κ3) is 2.60. The minimum atomic E-state index is 0.626. The van der Waals surface area contributed by atoms with E-state index < -0.39 is 0 Å². The maximum atomic E-state index is 5.86. The first-order valence-corrected chi connectivity index (χ1v) is 5.25. The van der Waals surface area contributed by atoms with Gasteiger partial charge in [-0.25, -0.2) is 0 Å². The van der Waals surface area contributed by atoms with Crippen LogP contribution in [0.1, 0.15) is 0 Å². The molecule has 0 amide bonds. The molecule has 0 saturated heterocycles. The number of hydrogen-bond acceptors (Lipinski definition) is 4. The molecule has 0 aliphatic carbocycles. The zero-order valence-corrected chi connectivity index (χ0v) is 9.60. The summed E-state index contributed by atoms with van der Waals surface area (Å²) in [5.41, 5.74) is 14.6. The van der Waals surface area contributed by atoms with Crippen molar-refractivity contribution in [3.05, 3.63) is 42.5 Å². The first-order chi connectivity index (χ1) is 8.19. The molecule has 2 rings (SSSR count). The number of hydrogen-bond donors (Lipinski definition) is 3. The molecule has 0 aliphatic rings. The Morgan fingerprint density at radius 1 is 1.00 bits per heavy atom. The monoisotopic (exact) mass is 229 g/mol. The quantitative estimate of drug-likeness (QED) is 0.707. The minimum Gasteiger partial charge on any atom is -0.497 e. The fourth-order valence-corrected chi connectivity index (χ4v) is 1.52. The van der Waals surface area contributed by atoms with Gasteiger partial charge in [-0.3, -0.25) is 0 Å². The van der Waals surface area contributed by atoms with Crippen LogP contribution in [0.25, 0.3) is 0 Å². The van der Waals surface area contributed by atoms with Gasteiger partial charge in [-0.2, -0.15) is 0 Å². The summed E-state index contributed by atoms with van der Waals surface area (Å²) < 4.78 is 5.09. The summed E-state index contributed by atoms with van der Waals surface area (Å²) in [5, 5.41) is 3.21. The van der Waals surface area contributed by atoms with E-state index in [9.17, 15) is 0 Å². The number of nitrogens with one attached hydrogen (secondary N) is 1. The fourth-order valence-electron chi connectivity index (χ4n) is 1.52. The van der Waals surface area contributed by atoms with Crippen molar-refractivity contribution in [2.75, 3.05) is 23.9 Å². The summed E-state index contributed by atoms with van der Waals surface area (Å²) >= 11 is 0. The highest BCUT2D eigenvalue weighted by Gasteiger charge is 2.00. The van der Waals surface area contributed by atoms with Crippen LogP contribution in [0.3, 0.4) is 0 Å². The molecular formula is C13H15N3O. The average Bonchev–Trinajstić information content (AvgIpc) is 2.34. The summed E-state index contributed by atoms with van der Waals surface area (Å²) in [5.74, 6) is 0.820. The van der Waals surface area contributed by atoms with E-state index in [1.54, 1.807) is 13.2 Å². The third-order valence-electron chi connectivity index (χ3n) is 2.44. The highest BCUT2D eigenvalue weighted by atomic mass is 16.5. The van der Waals surface area contributed by atoms with E-state index >= 15 is 0 Å². The van der Waals surface area contributed by atoms with Crippen molar-refractivity contribution < 1.29 is 4.74 Å². The number of methoxy groups -OCH3 is 1. The number of ether oxygens (including phenoxy) is 1. The average molecular weight is 229 g/mol. The topological polar surface area (TPSA) is 73.3 Å². The summed E-state index contributed by atoms with van der Waals surface area (Å²) in [6.45, 7) is 0. The van der Waals surface area contributed by atoms with Crippen molar-refractivity contribution >= 4 is 22.7 Å². The van der Waals surface area contributed by atoms with E-state index in [0.717, 1.165) is 17.1 Å². The van der Waals surface area contributed by atoms with E-state index in [1.807, 2.05) is 36.4 Å². The minimum absolute atomic E-state index is 0.626. The lowest BCUT2D eigenvalue weighted by Gasteiger charge is -2.10. The second kappa shape index (κ2) is 4.65. The van der Waals surface area contributed by atoms with Gasteiger partial charge >= 0.3 is 0 Å². The van der Waals surface area contributed by atoms with Crippen LogP contribution >= 0.6 is 0 Å². The van der Waals surface area contributed by atoms with Gasteiger partial charge in [-0.15, -0.1) is 0 Å². The number of anilines is 4. The van der Waals surface area contributed by atoms with Crippen LogP contribution in [-0.2, 0) is 0 Å². The second-order valence-corrected chi connectivity index (χ2v) is 3.70. The van der Waals surface area contributed by atoms with E-state index in [-0.39, 0.29) is 0 Å². The van der Waals surface area contributed by atoms with Crippen LogP contribution < -0.4 is 21.5 Å². The number of nitrogens with two attached hydrogens (primary N) is 2. The molecule has 0 fully saturated rings. The normalized spacial score (nSPS) is 9.94. The fraction of sp³-hybridized carbons (Fsp3) is 0.0769. The lowest BCUT2D eigenvalue weighted by atomic mass is 10.2. The summed E-state index contributed by atoms with van der Waals surface area (Å²) in [4.78, 5) is 0. The van der Waals surface area contributed by atoms with Crippen molar-refractivity contribution in [3.8, 4) is 5.75 Å². The molecule has 4 heteroatoms. The van der Waals surface area contributed by atoms with Gasteiger partial charge in [0.1, 0.15) is 5.75 Å². The van der Waals surface area contributed by atoms with Crippen LogP contribution in [0.2, 0.25) is 0 Å². The highest BCUT2D eigenvalue weighted by molar-refractivity contribution is 5.75. The van der Waals surface area contributed by atoms with Gasteiger partial charge in [-0.05, 0) is 42.5 Å². The van der Waals surface area contributed by atoms with Crippen LogP contribution in [0.15, 0.2) is 42.5 Å². The number of benzene rings is 2. The molecule has 0 heterocycles. The Hall–Kier alpha value is -2.36. The molecule has 5 N–H and O–H groups in total. The summed E-state index contributed by atoms with van der Waals surface area (Å²) in [7, 11) is 1.64. The van der Waals surface area contributed by atoms with Gasteiger partial charge in [0, 0.05) is 11.4 Å². The van der Waals surface area contributed by atoms with Gasteiger partial charge < -0.3 is 21.5 Å². The van der Waals surface area contributed by atoms with E-state index in [1.165, 1.54) is 0 Å². The smallest absolute Gasteiger partial charge is 0.119 e. The van der Waals surface area contributed by atoms with Gasteiger partial charge in [0.25, 0.3) is 0 Å². The number of rotatable bonds is 3. The first kappa shape index (κ1) is 11.1. The molecule has 0 saturated carbocycles. The van der Waals surface area contributed by atoms with Crippen molar-refractivity contribution in [2.24, 2.45) is 0 Å². The van der Waals surface area contributed by atoms with Gasteiger partial charge in [0.2, 0.25) is 0 Å². The molecule has 0 aromatic heterocycles. The molecular weight excluding hydrogens is 214 g/mol. The Kier molecular flexibility index (Phi) is 3.05. The van der Waals surface area contributed by atoms with Gasteiger partial charge in [-0.1, -0.05) is 0 Å². The van der Waals surface area contributed by atoms with Gasteiger partial charge in [0.15, 0.2) is 0 Å². The molecule has 0 spiro atoms. The predicted octanol–water partition coefficient (Wildman–Crippen LogP) is 2.60. The molecule has 0 atom stereocenters. The van der Waals surface area contributed by atoms with Crippen LogP contribution in [0, 0.1) is 0 Å². The summed E-state index contributed by atoms with van der Waals surface area (Å²) in [6.07, 6.45) is 0. The second-order valence-electron chi connectivity index (χ2n) is 3.70. The van der Waals surface area contributed by atoms with Crippen molar-refractivity contribution in [2.45, 2.75) is 0 Å². The standard InChI is InChI=1S/C13H15N3O/c1-17-11-5-3-10(4-6-11)16-13-7-2-9(14)8-12(13)15/h2-8,16H,14-15H2,1H3. The molecule has 0 radical (unpaired) electrons. The maximum Gasteiger partial charge on any atom is 0.119 e. The van der Waals surface area contributed by atoms with Crippen molar-refractivity contribution in [3.63, 3.8) is 0 Å². The van der Waals surface area contributed by atoms with Crippen molar-refractivity contribution in [1.29, 1.82) is 0 Å². The molecule has 0 aliphatic heterocycles. The Bertz CT molecular complexity index is 509. The molecule has 88 valence electrons. The SMILES string of the molecule is COc1ccc(Nc2ccc(N)cc2N)cc1. The third-order valence-corrected chi connectivity index (χ3v) is 2.44. The molecule has 2 aromatic rings. The largest absolute Gasteiger partial charge is 0.497 e. The Labute approximate surface area is 100 Å². The van der Waals surface area contributed by atoms with E-state index in [0.29, 0.717) is 11.4 Å². The molecule has 4 nitrogen and oxygen atoms in total. The van der Waals surface area contributed by atoms with Crippen LogP contribution in [0.4, 0.5) is 22.7 Å². The lowest BCUT2D eigenvalue weighted by molar-refractivity contribution is 0.415. The highest BCUT2D eigenvalue weighted by Crippen LogP contribution is 2.25. The summed E-state index contributed by atoms with van der Waals surface area (Å²) in [6, 6.07) is 13.0. The molecule has 17 heavy (non-hydrogen) atoms. The zero-order chi connectivity index (χ0) is 12.3. The molecule has 0 unspecified atom stereocenters. The Balaban J connectivity index is 2.19. The van der Waals surface area contributed by atoms with Gasteiger partial charge in [0.05, 0.1) is 18.5 Å². The van der Waals surface area contributed by atoms with E-state index in [4.69, 9.17) is 16.2 Å². The zero-order valence-electron chi connectivity index (χ0n) is 9.60. The van der Waals surface area contributed by atoms with Crippen LogP contribution in [0.5, 0.6) is 5.75 Å².